The quantitative estimate of drug-likeness (QED) is 0.857. The van der Waals surface area contributed by atoms with E-state index in [0.717, 1.165) is 21.4 Å². The average molecular weight is 396 g/mol. The first-order valence-electron chi connectivity index (χ1n) is 5.62. The predicted octanol–water partition coefficient (Wildman–Crippen LogP) is 3.77. The topological polar surface area (TPSA) is 59.1 Å². The summed E-state index contributed by atoms with van der Waals surface area (Å²) in [5, 5.41) is 0. The Labute approximate surface area is 135 Å². The number of rotatable bonds is 4. The Balaban J connectivity index is 2.30. The smallest absolute Gasteiger partial charge is 0.232 e. The largest absolute Gasteiger partial charge is 0.252 e. The first-order chi connectivity index (χ1) is 9.21. The lowest BCUT2D eigenvalue weighted by Crippen LogP contribution is -2.40. The minimum atomic E-state index is -3.65. The van der Waals surface area contributed by atoms with Crippen LogP contribution in [0.3, 0.4) is 0 Å². The normalized spacial score (nSPS) is 12.6. The molecular weight excluding hydrogens is 384 g/mol. The van der Waals surface area contributed by atoms with E-state index in [2.05, 4.69) is 25.6 Å². The van der Waals surface area contributed by atoms with Crippen molar-refractivity contribution < 1.29 is 8.42 Å². The van der Waals surface area contributed by atoms with Crippen molar-refractivity contribution in [1.29, 1.82) is 0 Å². The Morgan fingerprint density at radius 1 is 1.30 bits per heavy atom. The molecule has 1 aromatic heterocycles. The van der Waals surface area contributed by atoms with Crippen LogP contribution in [0.1, 0.15) is 19.4 Å². The van der Waals surface area contributed by atoms with Gasteiger partial charge in [0, 0.05) is 4.47 Å². The Bertz CT molecular complexity index is 711. The summed E-state index contributed by atoms with van der Waals surface area (Å²) in [5.74, 6) is 0. The molecule has 0 saturated heterocycles. The molecule has 0 unspecified atom stereocenters. The van der Waals surface area contributed by atoms with Crippen LogP contribution in [0.5, 0.6) is 0 Å². The molecule has 20 heavy (non-hydrogen) atoms. The number of hydrogen-bond acceptors (Lipinski definition) is 4. The summed E-state index contributed by atoms with van der Waals surface area (Å²) in [4.78, 5) is 3.76. The second-order valence-corrected chi connectivity index (χ2v) is 9.11. The lowest BCUT2D eigenvalue weighted by atomic mass is 9.96. The van der Waals surface area contributed by atoms with E-state index in [-0.39, 0.29) is 8.68 Å². The summed E-state index contributed by atoms with van der Waals surface area (Å²) in [7, 11) is -3.65. The molecule has 0 saturated carbocycles. The molecule has 2 aromatic rings. The molecule has 4 nitrogen and oxygen atoms in total. The predicted molar refractivity (Wildman–Crippen MR) is 84.6 cm³/mol. The van der Waals surface area contributed by atoms with Crippen LogP contribution < -0.4 is 4.72 Å². The van der Waals surface area contributed by atoms with Gasteiger partial charge in [0.25, 0.3) is 10.0 Å². The summed E-state index contributed by atoms with van der Waals surface area (Å²) in [5.41, 5.74) is 0.121. The third-order valence-electron chi connectivity index (χ3n) is 2.68. The number of sulfonamides is 1. The van der Waals surface area contributed by atoms with E-state index in [4.69, 9.17) is 11.6 Å². The summed E-state index contributed by atoms with van der Waals surface area (Å²) >= 11 is 9.96. The molecule has 108 valence electrons. The molecule has 0 aliphatic carbocycles. The van der Waals surface area contributed by atoms with Gasteiger partial charge < -0.3 is 0 Å². The molecule has 8 heteroatoms. The third-order valence-corrected chi connectivity index (χ3v) is 6.44. The van der Waals surface area contributed by atoms with E-state index in [9.17, 15) is 8.42 Å². The number of benzene rings is 1. The van der Waals surface area contributed by atoms with Gasteiger partial charge in [-0.3, -0.25) is 0 Å². The highest BCUT2D eigenvalue weighted by Crippen LogP contribution is 2.27. The van der Waals surface area contributed by atoms with Gasteiger partial charge in [-0.2, -0.15) is 0 Å². The fraction of sp³-hybridized carbons (Fsp3) is 0.250. The van der Waals surface area contributed by atoms with Gasteiger partial charge >= 0.3 is 0 Å². The van der Waals surface area contributed by atoms with Crippen LogP contribution >= 0.6 is 38.9 Å². The first kappa shape index (κ1) is 15.9. The van der Waals surface area contributed by atoms with E-state index in [1.165, 1.54) is 6.20 Å². The highest BCUT2D eigenvalue weighted by molar-refractivity contribution is 9.10. The van der Waals surface area contributed by atoms with Gasteiger partial charge in [0.15, 0.2) is 8.68 Å². The molecule has 0 aliphatic rings. The molecular formula is C12H12BrClN2O2S2. The van der Waals surface area contributed by atoms with Gasteiger partial charge in [0.1, 0.15) is 0 Å². The minimum Gasteiger partial charge on any atom is -0.232 e. The highest BCUT2D eigenvalue weighted by atomic mass is 79.9. The molecule has 0 amide bonds. The van der Waals surface area contributed by atoms with E-state index in [1.54, 1.807) is 13.8 Å². The fourth-order valence-corrected chi connectivity index (χ4v) is 4.63. The van der Waals surface area contributed by atoms with Crippen molar-refractivity contribution >= 4 is 48.9 Å². The van der Waals surface area contributed by atoms with Crippen molar-refractivity contribution in [3.63, 3.8) is 0 Å². The van der Waals surface area contributed by atoms with E-state index in [1.807, 2.05) is 24.3 Å². The van der Waals surface area contributed by atoms with Gasteiger partial charge in [-0.25, -0.2) is 18.1 Å². The van der Waals surface area contributed by atoms with Crippen LogP contribution in [-0.4, -0.2) is 13.4 Å². The second kappa shape index (κ2) is 5.73. The average Bonchev–Trinajstić information content (AvgIpc) is 2.76. The molecule has 0 fully saturated rings. The van der Waals surface area contributed by atoms with Crippen molar-refractivity contribution in [1.82, 2.24) is 9.71 Å². The number of thiazole rings is 1. The molecule has 0 radical (unpaired) electrons. The lowest BCUT2D eigenvalue weighted by Gasteiger charge is -2.26. The van der Waals surface area contributed by atoms with Crippen molar-refractivity contribution in [2.45, 2.75) is 23.6 Å². The summed E-state index contributed by atoms with van der Waals surface area (Å²) < 4.78 is 28.5. The third kappa shape index (κ3) is 3.59. The van der Waals surface area contributed by atoms with Gasteiger partial charge in [-0.1, -0.05) is 51.0 Å². The maximum Gasteiger partial charge on any atom is 0.252 e. The van der Waals surface area contributed by atoms with E-state index in [0.29, 0.717) is 0 Å². The number of nitrogens with zero attached hydrogens (tertiary/aromatic N) is 1. The van der Waals surface area contributed by atoms with Gasteiger partial charge in [-0.15, -0.1) is 0 Å². The fourth-order valence-electron chi connectivity index (χ4n) is 1.68. The SMILES string of the molecule is CC(C)(NS(=O)(=O)c1cnc(Cl)s1)c1ccc(Br)cc1. The standard InChI is InChI=1S/C12H12BrClN2O2S2/c1-12(2,8-3-5-9(13)6-4-8)16-20(17,18)10-7-15-11(14)19-10/h3-7,16H,1-2H3. The molecule has 0 aliphatic heterocycles. The Kier molecular flexibility index (Phi) is 4.56. The Morgan fingerprint density at radius 3 is 2.40 bits per heavy atom. The summed E-state index contributed by atoms with van der Waals surface area (Å²) in [6.07, 6.45) is 1.26. The van der Waals surface area contributed by atoms with Crippen LogP contribution in [-0.2, 0) is 15.6 Å². The first-order valence-corrected chi connectivity index (χ1v) is 9.09. The van der Waals surface area contributed by atoms with Crippen LogP contribution in [0.25, 0.3) is 0 Å². The number of aromatic nitrogens is 1. The van der Waals surface area contributed by atoms with Crippen molar-refractivity contribution in [2.75, 3.05) is 0 Å². The maximum absolute atomic E-state index is 12.3. The van der Waals surface area contributed by atoms with Crippen LogP contribution in [0.15, 0.2) is 39.1 Å². The lowest BCUT2D eigenvalue weighted by molar-refractivity contribution is 0.473. The summed E-state index contributed by atoms with van der Waals surface area (Å²) in [6, 6.07) is 7.47. The molecule has 2 rings (SSSR count). The monoisotopic (exact) mass is 394 g/mol. The Morgan fingerprint density at radius 2 is 1.90 bits per heavy atom. The zero-order valence-electron chi connectivity index (χ0n) is 10.7. The van der Waals surface area contributed by atoms with Crippen molar-refractivity contribution in [2.24, 2.45) is 0 Å². The second-order valence-electron chi connectivity index (χ2n) is 4.67. The molecule has 1 N–H and O–H groups in total. The van der Waals surface area contributed by atoms with E-state index < -0.39 is 15.6 Å². The zero-order chi connectivity index (χ0) is 15.0. The van der Waals surface area contributed by atoms with Crippen LogP contribution in [0.4, 0.5) is 0 Å². The van der Waals surface area contributed by atoms with Crippen molar-refractivity contribution in [3.8, 4) is 0 Å². The molecule has 1 aromatic carbocycles. The number of halogens is 2. The Hall–Kier alpha value is -0.470. The number of hydrogen-bond donors (Lipinski definition) is 1. The van der Waals surface area contributed by atoms with Crippen LogP contribution in [0, 0.1) is 0 Å². The van der Waals surface area contributed by atoms with Crippen LogP contribution in [0.2, 0.25) is 4.47 Å². The molecule has 0 atom stereocenters. The molecule has 0 bridgehead atoms. The number of nitrogens with one attached hydrogen (secondary N) is 1. The summed E-state index contributed by atoms with van der Waals surface area (Å²) in [6.45, 7) is 3.60. The maximum atomic E-state index is 12.3. The minimum absolute atomic E-state index is 0.104. The molecule has 0 spiro atoms. The van der Waals surface area contributed by atoms with Gasteiger partial charge in [0.2, 0.25) is 0 Å². The van der Waals surface area contributed by atoms with Gasteiger partial charge in [-0.05, 0) is 31.5 Å². The van der Waals surface area contributed by atoms with E-state index >= 15 is 0 Å². The highest BCUT2D eigenvalue weighted by Gasteiger charge is 2.29. The van der Waals surface area contributed by atoms with Crippen molar-refractivity contribution in [3.05, 3.63) is 45.0 Å². The van der Waals surface area contributed by atoms with Gasteiger partial charge in [0.05, 0.1) is 11.7 Å². The zero-order valence-corrected chi connectivity index (χ0v) is 14.7. The molecule has 1 heterocycles.